The third-order valence-electron chi connectivity index (χ3n) is 7.18. The number of carbonyl (C=O) groups excluding carboxylic acids is 2. The molecule has 0 aromatic heterocycles. The summed E-state index contributed by atoms with van der Waals surface area (Å²) in [6, 6.07) is 17.5. The van der Waals surface area contributed by atoms with Crippen LogP contribution in [0.2, 0.25) is 5.02 Å². The van der Waals surface area contributed by atoms with E-state index in [2.05, 4.69) is 5.32 Å². The Morgan fingerprint density at radius 1 is 1.00 bits per heavy atom. The molecule has 1 aliphatic carbocycles. The van der Waals surface area contributed by atoms with Gasteiger partial charge < -0.3 is 10.2 Å². The van der Waals surface area contributed by atoms with Crippen molar-refractivity contribution in [3.63, 3.8) is 0 Å². The highest BCUT2D eigenvalue weighted by atomic mass is 35.5. The molecule has 3 aromatic rings. The number of benzene rings is 3. The van der Waals surface area contributed by atoms with Crippen LogP contribution in [0.3, 0.4) is 0 Å². The molecular weight excluding hydrogens is 553 g/mol. The van der Waals surface area contributed by atoms with Gasteiger partial charge in [0.15, 0.2) is 0 Å². The molecule has 3 aromatic carbocycles. The molecule has 0 unspecified atom stereocenters. The smallest absolute Gasteiger partial charge is 0.264 e. The molecule has 1 N–H and O–H groups in total. The third-order valence-corrected chi connectivity index (χ3v) is 9.32. The summed E-state index contributed by atoms with van der Waals surface area (Å²) in [5.74, 6) is -1.81. The normalized spacial score (nSPS) is 14.5. The number of rotatable bonds is 10. The molecule has 1 fully saturated rings. The van der Waals surface area contributed by atoms with Gasteiger partial charge in [0.1, 0.15) is 18.4 Å². The monoisotopic (exact) mass is 585 g/mol. The van der Waals surface area contributed by atoms with Crippen LogP contribution in [-0.2, 0) is 26.2 Å². The Bertz CT molecular complexity index is 1460. The van der Waals surface area contributed by atoms with Crippen LogP contribution in [0.4, 0.5) is 10.1 Å². The highest BCUT2D eigenvalue weighted by molar-refractivity contribution is 7.92. The molecule has 1 aliphatic rings. The van der Waals surface area contributed by atoms with Gasteiger partial charge in [-0.1, -0.05) is 72.5 Å². The van der Waals surface area contributed by atoms with Crippen LogP contribution in [-0.4, -0.2) is 43.8 Å². The van der Waals surface area contributed by atoms with E-state index >= 15 is 4.39 Å². The van der Waals surface area contributed by atoms with Crippen molar-refractivity contribution in [3.8, 4) is 0 Å². The molecule has 0 radical (unpaired) electrons. The molecule has 0 saturated heterocycles. The maximum absolute atomic E-state index is 15.0. The van der Waals surface area contributed by atoms with Gasteiger partial charge in [-0.3, -0.25) is 13.9 Å². The van der Waals surface area contributed by atoms with E-state index < -0.39 is 34.3 Å². The molecule has 212 valence electrons. The summed E-state index contributed by atoms with van der Waals surface area (Å²) in [5, 5.41) is 3.42. The number of hydrogen-bond acceptors (Lipinski definition) is 4. The Morgan fingerprint density at radius 3 is 2.27 bits per heavy atom. The van der Waals surface area contributed by atoms with Gasteiger partial charge in [0, 0.05) is 17.6 Å². The van der Waals surface area contributed by atoms with Crippen molar-refractivity contribution in [2.75, 3.05) is 10.8 Å². The van der Waals surface area contributed by atoms with Gasteiger partial charge in [-0.25, -0.2) is 12.8 Å². The van der Waals surface area contributed by atoms with Crippen LogP contribution in [0.15, 0.2) is 77.7 Å². The average Bonchev–Trinajstić information content (AvgIpc) is 3.44. The number of nitrogens with one attached hydrogen (secondary N) is 1. The Labute approximate surface area is 240 Å². The Morgan fingerprint density at radius 2 is 1.62 bits per heavy atom. The van der Waals surface area contributed by atoms with E-state index in [-0.39, 0.29) is 29.1 Å². The van der Waals surface area contributed by atoms with Crippen LogP contribution in [0, 0.1) is 12.7 Å². The highest BCUT2D eigenvalue weighted by Gasteiger charge is 2.34. The minimum absolute atomic E-state index is 0.0315. The van der Waals surface area contributed by atoms with Crippen LogP contribution in [0.5, 0.6) is 0 Å². The van der Waals surface area contributed by atoms with Crippen LogP contribution in [0.1, 0.15) is 43.7 Å². The van der Waals surface area contributed by atoms with Crippen LogP contribution in [0.25, 0.3) is 0 Å². The second-order valence-corrected chi connectivity index (χ2v) is 12.3. The van der Waals surface area contributed by atoms with Crippen LogP contribution >= 0.6 is 11.6 Å². The molecule has 0 bridgehead atoms. The van der Waals surface area contributed by atoms with Crippen molar-refractivity contribution >= 4 is 39.1 Å². The summed E-state index contributed by atoms with van der Waals surface area (Å²) >= 11 is 6.39. The number of sulfonamides is 1. The van der Waals surface area contributed by atoms with E-state index in [9.17, 15) is 18.0 Å². The molecule has 4 rings (SSSR count). The maximum atomic E-state index is 15.0. The fraction of sp³-hybridized carbons (Fsp3) is 0.333. The summed E-state index contributed by atoms with van der Waals surface area (Å²) in [5.41, 5.74) is 1.18. The van der Waals surface area contributed by atoms with Gasteiger partial charge in [0.25, 0.3) is 10.0 Å². The number of aryl methyl sites for hydroxylation is 1. The van der Waals surface area contributed by atoms with Crippen molar-refractivity contribution in [1.82, 2.24) is 10.2 Å². The maximum Gasteiger partial charge on any atom is 0.264 e. The predicted molar refractivity (Wildman–Crippen MR) is 154 cm³/mol. The minimum atomic E-state index is -4.35. The lowest BCUT2D eigenvalue weighted by molar-refractivity contribution is -0.139. The summed E-state index contributed by atoms with van der Waals surface area (Å²) < 4.78 is 43.3. The summed E-state index contributed by atoms with van der Waals surface area (Å²) in [6.45, 7) is 2.66. The Balaban J connectivity index is 1.70. The minimum Gasteiger partial charge on any atom is -0.352 e. The van der Waals surface area contributed by atoms with Gasteiger partial charge in [-0.15, -0.1) is 0 Å². The van der Waals surface area contributed by atoms with Gasteiger partial charge in [-0.05, 0) is 62.6 Å². The molecule has 1 saturated carbocycles. The quantitative estimate of drug-likeness (QED) is 0.342. The van der Waals surface area contributed by atoms with Crippen molar-refractivity contribution in [2.45, 2.75) is 63.1 Å². The molecule has 7 nitrogen and oxygen atoms in total. The van der Waals surface area contributed by atoms with Crippen molar-refractivity contribution in [3.05, 3.63) is 94.8 Å². The second-order valence-electron chi connectivity index (χ2n) is 10.1. The number of nitrogens with zero attached hydrogens (tertiary/aromatic N) is 2. The second kappa shape index (κ2) is 12.8. The number of carbonyl (C=O) groups is 2. The zero-order chi connectivity index (χ0) is 28.9. The van der Waals surface area contributed by atoms with Crippen molar-refractivity contribution < 1.29 is 22.4 Å². The van der Waals surface area contributed by atoms with Gasteiger partial charge in [0.05, 0.1) is 10.6 Å². The molecule has 0 aliphatic heterocycles. The average molecular weight is 586 g/mol. The zero-order valence-electron chi connectivity index (χ0n) is 22.5. The zero-order valence-corrected chi connectivity index (χ0v) is 24.1. The molecule has 10 heteroatoms. The topological polar surface area (TPSA) is 86.8 Å². The third kappa shape index (κ3) is 6.82. The standard InChI is InChI=1S/C30H33ClFN3O4S/c1-21-15-17-25(18-16-21)40(38,39)35(28-14-8-7-13-27(28)32)20-29(36)34(19-23-9-3-6-12-26(23)31)22(2)30(37)33-24-10-4-5-11-24/h3,6-9,12-18,22,24H,4-5,10-11,19-20H2,1-2H3,(H,33,37)/t22-/m1/s1. The molecule has 0 spiro atoms. The van der Waals surface area contributed by atoms with Gasteiger partial charge in [0.2, 0.25) is 11.8 Å². The summed E-state index contributed by atoms with van der Waals surface area (Å²) in [6.07, 6.45) is 3.78. The highest BCUT2D eigenvalue weighted by Crippen LogP contribution is 2.28. The largest absolute Gasteiger partial charge is 0.352 e. The molecule has 0 heterocycles. The van der Waals surface area contributed by atoms with Crippen molar-refractivity contribution in [2.24, 2.45) is 0 Å². The summed E-state index contributed by atoms with van der Waals surface area (Å²) in [4.78, 5) is 28.4. The SMILES string of the molecule is Cc1ccc(S(=O)(=O)N(CC(=O)N(Cc2ccccc2Cl)[C@H](C)C(=O)NC2CCCC2)c2ccccc2F)cc1. The number of anilines is 1. The fourth-order valence-corrected chi connectivity index (χ4v) is 6.41. The van der Waals surface area contributed by atoms with E-state index in [1.165, 1.54) is 35.2 Å². The molecular formula is C30H33ClFN3O4S. The van der Waals surface area contributed by atoms with Gasteiger partial charge >= 0.3 is 0 Å². The van der Waals surface area contributed by atoms with E-state index in [0.717, 1.165) is 41.6 Å². The Hall–Kier alpha value is -3.43. The fourth-order valence-electron chi connectivity index (χ4n) is 4.79. The lowest BCUT2D eigenvalue weighted by atomic mass is 10.1. The predicted octanol–water partition coefficient (Wildman–Crippen LogP) is 5.46. The summed E-state index contributed by atoms with van der Waals surface area (Å²) in [7, 11) is -4.35. The first-order valence-electron chi connectivity index (χ1n) is 13.2. The van der Waals surface area contributed by atoms with Gasteiger partial charge in [-0.2, -0.15) is 0 Å². The Kier molecular flexibility index (Phi) is 9.48. The van der Waals surface area contributed by atoms with E-state index in [0.29, 0.717) is 10.6 Å². The lowest BCUT2D eigenvalue weighted by Gasteiger charge is -2.32. The molecule has 1 atom stereocenters. The first-order chi connectivity index (χ1) is 19.1. The van der Waals surface area contributed by atoms with Crippen LogP contribution < -0.4 is 9.62 Å². The van der Waals surface area contributed by atoms with E-state index in [1.54, 1.807) is 43.3 Å². The lowest BCUT2D eigenvalue weighted by Crippen LogP contribution is -2.52. The van der Waals surface area contributed by atoms with E-state index in [4.69, 9.17) is 11.6 Å². The first kappa shape index (κ1) is 29.6. The van der Waals surface area contributed by atoms with E-state index in [1.807, 2.05) is 6.92 Å². The molecule has 2 amide bonds. The number of amides is 2. The number of para-hydroxylation sites is 1. The molecule has 40 heavy (non-hydrogen) atoms. The number of halogens is 2. The van der Waals surface area contributed by atoms with Crippen molar-refractivity contribution in [1.29, 1.82) is 0 Å². The number of hydrogen-bond donors (Lipinski definition) is 1. The first-order valence-corrected chi connectivity index (χ1v) is 15.1.